The van der Waals surface area contributed by atoms with Crippen molar-refractivity contribution < 1.29 is 9.53 Å². The van der Waals surface area contributed by atoms with Crippen LogP contribution < -0.4 is 10.1 Å². The van der Waals surface area contributed by atoms with E-state index in [9.17, 15) is 4.79 Å². The van der Waals surface area contributed by atoms with Crippen molar-refractivity contribution in [1.29, 1.82) is 0 Å². The van der Waals surface area contributed by atoms with E-state index in [2.05, 4.69) is 21.2 Å². The molecular formula is C16H16BrNO2. The zero-order chi connectivity index (χ0) is 14.4. The van der Waals surface area contributed by atoms with Gasteiger partial charge in [-0.25, -0.2) is 0 Å². The summed E-state index contributed by atoms with van der Waals surface area (Å²) in [5, 5.41) is 2.83. The maximum atomic E-state index is 11.9. The summed E-state index contributed by atoms with van der Waals surface area (Å²) < 4.78 is 6.58. The van der Waals surface area contributed by atoms with Crippen molar-refractivity contribution in [3.8, 4) is 5.75 Å². The lowest BCUT2D eigenvalue weighted by Gasteiger charge is -2.09. The zero-order valence-corrected chi connectivity index (χ0v) is 12.8. The topological polar surface area (TPSA) is 38.3 Å². The summed E-state index contributed by atoms with van der Waals surface area (Å²) in [6.45, 7) is 2.92. The lowest BCUT2D eigenvalue weighted by atomic mass is 10.2. The van der Waals surface area contributed by atoms with E-state index in [1.807, 2.05) is 43.3 Å². The van der Waals surface area contributed by atoms with Gasteiger partial charge < -0.3 is 10.1 Å². The van der Waals surface area contributed by atoms with Crippen LogP contribution in [-0.4, -0.2) is 19.1 Å². The maximum absolute atomic E-state index is 11.9. The van der Waals surface area contributed by atoms with Gasteiger partial charge >= 0.3 is 0 Å². The predicted octanol–water partition coefficient (Wildman–Crippen LogP) is 3.57. The molecule has 0 saturated carbocycles. The van der Waals surface area contributed by atoms with E-state index in [0.717, 1.165) is 15.8 Å². The van der Waals surface area contributed by atoms with Gasteiger partial charge in [-0.1, -0.05) is 34.1 Å². The Labute approximate surface area is 127 Å². The first-order valence-corrected chi connectivity index (χ1v) is 7.18. The molecule has 0 spiro atoms. The second-order valence-corrected chi connectivity index (χ2v) is 5.29. The molecule has 0 saturated heterocycles. The molecule has 2 aromatic rings. The number of halogens is 1. The van der Waals surface area contributed by atoms with E-state index in [1.165, 1.54) is 0 Å². The Bertz CT molecular complexity index is 581. The number of rotatable bonds is 5. The minimum Gasteiger partial charge on any atom is -0.491 e. The number of amides is 1. The molecule has 0 aliphatic heterocycles. The molecule has 0 radical (unpaired) electrons. The largest absolute Gasteiger partial charge is 0.491 e. The van der Waals surface area contributed by atoms with Crippen LogP contribution in [0.2, 0.25) is 0 Å². The van der Waals surface area contributed by atoms with Crippen molar-refractivity contribution in [3.05, 3.63) is 64.1 Å². The number of hydrogen-bond acceptors (Lipinski definition) is 2. The van der Waals surface area contributed by atoms with E-state index in [4.69, 9.17) is 4.74 Å². The molecule has 1 N–H and O–H groups in total. The Morgan fingerprint density at radius 3 is 2.55 bits per heavy atom. The van der Waals surface area contributed by atoms with Gasteiger partial charge in [-0.3, -0.25) is 4.79 Å². The summed E-state index contributed by atoms with van der Waals surface area (Å²) >= 11 is 3.34. The van der Waals surface area contributed by atoms with E-state index in [1.54, 1.807) is 12.1 Å². The van der Waals surface area contributed by atoms with E-state index in [-0.39, 0.29) is 5.91 Å². The molecule has 0 heterocycles. The molecule has 2 rings (SSSR count). The number of ether oxygens (including phenoxy) is 1. The third-order valence-corrected chi connectivity index (χ3v) is 3.37. The molecule has 0 atom stereocenters. The van der Waals surface area contributed by atoms with Crippen molar-refractivity contribution in [2.45, 2.75) is 6.92 Å². The molecule has 0 bridgehead atoms. The van der Waals surface area contributed by atoms with Gasteiger partial charge in [-0.15, -0.1) is 0 Å². The van der Waals surface area contributed by atoms with Crippen LogP contribution in [0, 0.1) is 6.92 Å². The zero-order valence-electron chi connectivity index (χ0n) is 11.2. The second kappa shape index (κ2) is 7.10. The van der Waals surface area contributed by atoms with Crippen molar-refractivity contribution in [3.63, 3.8) is 0 Å². The lowest BCUT2D eigenvalue weighted by molar-refractivity contribution is 0.0947. The molecule has 0 fully saturated rings. The average molecular weight is 334 g/mol. The van der Waals surface area contributed by atoms with E-state index < -0.39 is 0 Å². The number of carbonyl (C=O) groups excluding carboxylic acids is 1. The normalized spacial score (nSPS) is 10.1. The highest BCUT2D eigenvalue weighted by Crippen LogP contribution is 2.15. The fourth-order valence-corrected chi connectivity index (χ4v) is 2.01. The predicted molar refractivity (Wildman–Crippen MR) is 83.1 cm³/mol. The number of para-hydroxylation sites is 1. The van der Waals surface area contributed by atoms with Gasteiger partial charge in [0, 0.05) is 10.0 Å². The molecule has 2 aromatic carbocycles. The molecule has 0 aliphatic carbocycles. The van der Waals surface area contributed by atoms with E-state index >= 15 is 0 Å². The maximum Gasteiger partial charge on any atom is 0.251 e. The summed E-state index contributed by atoms with van der Waals surface area (Å²) in [6, 6.07) is 15.1. The molecule has 104 valence electrons. The summed E-state index contributed by atoms with van der Waals surface area (Å²) in [5.74, 6) is 0.760. The fourth-order valence-electron chi connectivity index (χ4n) is 1.75. The van der Waals surface area contributed by atoms with Crippen LogP contribution in [0.25, 0.3) is 0 Å². The molecule has 0 unspecified atom stereocenters. The van der Waals surface area contributed by atoms with Crippen LogP contribution >= 0.6 is 15.9 Å². The monoisotopic (exact) mass is 333 g/mol. The van der Waals surface area contributed by atoms with Crippen LogP contribution in [0.5, 0.6) is 5.75 Å². The quantitative estimate of drug-likeness (QED) is 0.849. The molecular weight excluding hydrogens is 318 g/mol. The summed E-state index contributed by atoms with van der Waals surface area (Å²) in [5.41, 5.74) is 1.73. The van der Waals surface area contributed by atoms with Gasteiger partial charge in [0.1, 0.15) is 12.4 Å². The van der Waals surface area contributed by atoms with Gasteiger partial charge in [-0.05, 0) is 42.8 Å². The van der Waals surface area contributed by atoms with Crippen LogP contribution in [0.1, 0.15) is 15.9 Å². The Kier molecular flexibility index (Phi) is 5.18. The fraction of sp³-hybridized carbons (Fsp3) is 0.188. The second-order valence-electron chi connectivity index (χ2n) is 4.38. The highest BCUT2D eigenvalue weighted by atomic mass is 79.9. The van der Waals surface area contributed by atoms with Crippen LogP contribution in [0.3, 0.4) is 0 Å². The molecule has 0 aliphatic rings. The standard InChI is InChI=1S/C16H16BrNO2/c1-12-4-2-3-5-15(12)20-11-10-18-16(19)13-6-8-14(17)9-7-13/h2-9H,10-11H2,1H3,(H,18,19). The van der Waals surface area contributed by atoms with Crippen LogP contribution in [0.15, 0.2) is 53.0 Å². The number of hydrogen-bond donors (Lipinski definition) is 1. The Morgan fingerprint density at radius 2 is 1.85 bits per heavy atom. The Balaban J connectivity index is 1.77. The number of benzene rings is 2. The first-order valence-electron chi connectivity index (χ1n) is 6.39. The first-order chi connectivity index (χ1) is 9.66. The van der Waals surface area contributed by atoms with Crippen molar-refractivity contribution >= 4 is 21.8 Å². The van der Waals surface area contributed by atoms with Crippen molar-refractivity contribution in [2.24, 2.45) is 0 Å². The van der Waals surface area contributed by atoms with E-state index in [0.29, 0.717) is 18.7 Å². The third-order valence-electron chi connectivity index (χ3n) is 2.85. The van der Waals surface area contributed by atoms with Gasteiger partial charge in [0.15, 0.2) is 0 Å². The van der Waals surface area contributed by atoms with Crippen molar-refractivity contribution in [1.82, 2.24) is 5.32 Å². The van der Waals surface area contributed by atoms with Crippen molar-refractivity contribution in [2.75, 3.05) is 13.2 Å². The minimum absolute atomic E-state index is 0.0918. The summed E-state index contributed by atoms with van der Waals surface area (Å²) in [4.78, 5) is 11.9. The highest BCUT2D eigenvalue weighted by molar-refractivity contribution is 9.10. The SMILES string of the molecule is Cc1ccccc1OCCNC(=O)c1ccc(Br)cc1. The average Bonchev–Trinajstić information content (AvgIpc) is 2.46. The molecule has 0 aromatic heterocycles. The smallest absolute Gasteiger partial charge is 0.251 e. The first kappa shape index (κ1) is 14.6. The van der Waals surface area contributed by atoms with Gasteiger partial charge in [0.05, 0.1) is 6.54 Å². The number of carbonyl (C=O) groups is 1. The Morgan fingerprint density at radius 1 is 1.15 bits per heavy atom. The van der Waals surface area contributed by atoms with Crippen LogP contribution in [0.4, 0.5) is 0 Å². The Hall–Kier alpha value is -1.81. The summed E-state index contributed by atoms with van der Waals surface area (Å²) in [6.07, 6.45) is 0. The molecule has 1 amide bonds. The molecule has 20 heavy (non-hydrogen) atoms. The minimum atomic E-state index is -0.0918. The lowest BCUT2D eigenvalue weighted by Crippen LogP contribution is -2.28. The molecule has 4 heteroatoms. The van der Waals surface area contributed by atoms with Crippen LogP contribution in [-0.2, 0) is 0 Å². The number of nitrogens with one attached hydrogen (secondary N) is 1. The summed E-state index contributed by atoms with van der Waals surface area (Å²) in [7, 11) is 0. The third kappa shape index (κ3) is 4.10. The number of aryl methyl sites for hydroxylation is 1. The van der Waals surface area contributed by atoms with Gasteiger partial charge in [-0.2, -0.15) is 0 Å². The molecule has 3 nitrogen and oxygen atoms in total. The van der Waals surface area contributed by atoms with Gasteiger partial charge in [0.2, 0.25) is 0 Å². The van der Waals surface area contributed by atoms with Gasteiger partial charge in [0.25, 0.3) is 5.91 Å². The highest BCUT2D eigenvalue weighted by Gasteiger charge is 2.04.